The predicted molar refractivity (Wildman–Crippen MR) is 52.0 cm³/mol. The van der Waals surface area contributed by atoms with E-state index in [4.69, 9.17) is 0 Å². The molecule has 0 nitrogen and oxygen atoms in total. The normalized spacial score (nSPS) is 11.3. The summed E-state index contributed by atoms with van der Waals surface area (Å²) in [6, 6.07) is 4.37. The lowest BCUT2D eigenvalue weighted by Crippen LogP contribution is -1.85. The summed E-state index contributed by atoms with van der Waals surface area (Å²) in [6.45, 7) is 2.25. The van der Waals surface area contributed by atoms with Crippen LogP contribution in [0.15, 0.2) is 17.5 Å². The van der Waals surface area contributed by atoms with Crippen LogP contribution in [-0.2, 0) is 0 Å². The lowest BCUT2D eigenvalue weighted by molar-refractivity contribution is 0.895. The molecule has 1 rings (SSSR count). The van der Waals surface area contributed by atoms with Gasteiger partial charge in [0.05, 0.1) is 0 Å². The fourth-order valence-electron chi connectivity index (χ4n) is 0.768. The van der Waals surface area contributed by atoms with E-state index in [1.807, 2.05) is 11.3 Å². The van der Waals surface area contributed by atoms with Crippen LogP contribution in [0.5, 0.6) is 0 Å². The third-order valence-electron chi connectivity index (χ3n) is 1.35. The van der Waals surface area contributed by atoms with Gasteiger partial charge in [-0.15, -0.1) is 11.3 Å². The van der Waals surface area contributed by atoms with Gasteiger partial charge in [0.15, 0.2) is 0 Å². The van der Waals surface area contributed by atoms with Gasteiger partial charge in [-0.3, -0.25) is 0 Å². The molecule has 0 amide bonds. The van der Waals surface area contributed by atoms with Gasteiger partial charge < -0.3 is 0 Å². The molecule has 2 heteroatoms. The first kappa shape index (κ1) is 8.23. The van der Waals surface area contributed by atoms with E-state index >= 15 is 0 Å². The smallest absolute Gasteiger partial charge is 0.0247 e. The third kappa shape index (κ3) is 2.81. The molecule has 0 fully saturated rings. The van der Waals surface area contributed by atoms with E-state index in [2.05, 4.69) is 24.4 Å². The quantitative estimate of drug-likeness (QED) is 0.484. The fraction of sp³-hybridized carbons (Fsp3) is 0.500. The Morgan fingerprint density at radius 1 is 1.60 bits per heavy atom. The van der Waals surface area contributed by atoms with Crippen LogP contribution in [0, 0.1) is 0 Å². The number of hydrogen-bond acceptors (Lipinski definition) is 1. The monoisotopic (exact) mass is 172 g/mol. The summed E-state index contributed by atoms with van der Waals surface area (Å²) in [5.41, 5.74) is 0. The van der Waals surface area contributed by atoms with E-state index in [0.29, 0.717) is 0 Å². The maximum absolute atomic E-state index is 2.25. The molecular formula is C8H13PS. The van der Waals surface area contributed by atoms with Crippen LogP contribution in [0.4, 0.5) is 0 Å². The van der Waals surface area contributed by atoms with Gasteiger partial charge in [-0.05, 0) is 24.0 Å². The van der Waals surface area contributed by atoms with Crippen LogP contribution in [-0.4, -0.2) is 6.16 Å². The predicted octanol–water partition coefficient (Wildman–Crippen LogP) is 2.85. The van der Waals surface area contributed by atoms with Crippen molar-refractivity contribution in [3.05, 3.63) is 17.5 Å². The summed E-state index contributed by atoms with van der Waals surface area (Å²) in [6.07, 6.45) is 4.10. The zero-order valence-electron chi connectivity index (χ0n) is 6.26. The average molecular weight is 172 g/mol. The molecule has 10 heavy (non-hydrogen) atoms. The van der Waals surface area contributed by atoms with Gasteiger partial charge in [-0.1, -0.05) is 28.0 Å². The topological polar surface area (TPSA) is 0 Å². The number of rotatable bonds is 4. The Labute approximate surface area is 68.4 Å². The van der Waals surface area contributed by atoms with Crippen molar-refractivity contribution >= 4 is 24.5 Å². The van der Waals surface area contributed by atoms with Gasteiger partial charge in [0.2, 0.25) is 0 Å². The van der Waals surface area contributed by atoms with E-state index in [1.165, 1.54) is 19.0 Å². The Morgan fingerprint density at radius 3 is 3.10 bits per heavy atom. The lowest BCUT2D eigenvalue weighted by atomic mass is 10.4. The SMILES string of the molecule is CCCCPc1cccs1. The largest absolute Gasteiger partial charge is 0.144 e. The molecule has 0 spiro atoms. The zero-order chi connectivity index (χ0) is 7.23. The molecule has 1 atom stereocenters. The second kappa shape index (κ2) is 4.87. The second-order valence-corrected chi connectivity index (χ2v) is 4.96. The van der Waals surface area contributed by atoms with Crippen molar-refractivity contribution in [2.24, 2.45) is 0 Å². The van der Waals surface area contributed by atoms with Crippen LogP contribution >= 0.6 is 19.9 Å². The van der Waals surface area contributed by atoms with E-state index in [9.17, 15) is 0 Å². The number of unbranched alkanes of at least 4 members (excludes halogenated alkanes) is 1. The molecule has 0 aromatic carbocycles. The van der Waals surface area contributed by atoms with E-state index in [1.54, 1.807) is 4.62 Å². The van der Waals surface area contributed by atoms with Crippen molar-refractivity contribution in [3.8, 4) is 0 Å². The van der Waals surface area contributed by atoms with Crippen LogP contribution < -0.4 is 4.62 Å². The van der Waals surface area contributed by atoms with Gasteiger partial charge in [0.1, 0.15) is 0 Å². The second-order valence-electron chi connectivity index (χ2n) is 2.26. The minimum absolute atomic E-state index is 1.05. The van der Waals surface area contributed by atoms with Gasteiger partial charge in [-0.25, -0.2) is 0 Å². The molecule has 1 unspecified atom stereocenters. The maximum atomic E-state index is 2.25. The Hall–Kier alpha value is 0.130. The Kier molecular flexibility index (Phi) is 4.01. The summed E-state index contributed by atoms with van der Waals surface area (Å²) in [4.78, 5) is 0. The molecule has 0 saturated heterocycles. The Bertz CT molecular complexity index is 158. The molecule has 0 aliphatic heterocycles. The number of hydrogen-bond donors (Lipinski definition) is 0. The van der Waals surface area contributed by atoms with Crippen molar-refractivity contribution < 1.29 is 0 Å². The molecule has 0 bridgehead atoms. The molecule has 0 aliphatic rings. The highest BCUT2D eigenvalue weighted by Crippen LogP contribution is 2.15. The Morgan fingerprint density at radius 2 is 2.50 bits per heavy atom. The van der Waals surface area contributed by atoms with E-state index in [0.717, 1.165) is 8.58 Å². The number of thiophene rings is 1. The van der Waals surface area contributed by atoms with Crippen LogP contribution in [0.3, 0.4) is 0 Å². The minimum Gasteiger partial charge on any atom is -0.144 e. The highest BCUT2D eigenvalue weighted by molar-refractivity contribution is 7.56. The molecule has 1 heterocycles. The van der Waals surface area contributed by atoms with E-state index in [-0.39, 0.29) is 0 Å². The van der Waals surface area contributed by atoms with Gasteiger partial charge in [0, 0.05) is 4.62 Å². The maximum Gasteiger partial charge on any atom is 0.0247 e. The van der Waals surface area contributed by atoms with E-state index < -0.39 is 0 Å². The minimum atomic E-state index is 1.05. The highest BCUT2D eigenvalue weighted by atomic mass is 32.1. The first-order valence-corrected chi connectivity index (χ1v) is 5.79. The standard InChI is InChI=1S/C8H13PS/c1-2-3-6-9-8-5-4-7-10-8/h4-5,7,9H,2-3,6H2,1H3. The summed E-state index contributed by atoms with van der Waals surface area (Å²) < 4.78 is 1.56. The Balaban J connectivity index is 2.15. The summed E-state index contributed by atoms with van der Waals surface area (Å²) in [5, 5.41) is 2.16. The van der Waals surface area contributed by atoms with Gasteiger partial charge >= 0.3 is 0 Å². The summed E-state index contributed by atoms with van der Waals surface area (Å²) in [7, 11) is 1.05. The summed E-state index contributed by atoms with van der Waals surface area (Å²) in [5.74, 6) is 0. The molecule has 56 valence electrons. The van der Waals surface area contributed by atoms with Crippen LogP contribution in [0.1, 0.15) is 19.8 Å². The van der Waals surface area contributed by atoms with Crippen LogP contribution in [0.2, 0.25) is 0 Å². The zero-order valence-corrected chi connectivity index (χ0v) is 8.08. The van der Waals surface area contributed by atoms with Crippen molar-refractivity contribution in [3.63, 3.8) is 0 Å². The molecule has 1 aromatic rings. The van der Waals surface area contributed by atoms with Crippen molar-refractivity contribution in [2.45, 2.75) is 19.8 Å². The van der Waals surface area contributed by atoms with Gasteiger partial charge in [-0.2, -0.15) is 0 Å². The molecule has 0 N–H and O–H groups in total. The molecule has 1 aromatic heterocycles. The molecular weight excluding hydrogens is 159 g/mol. The van der Waals surface area contributed by atoms with Gasteiger partial charge in [0.25, 0.3) is 0 Å². The van der Waals surface area contributed by atoms with Crippen molar-refractivity contribution in [1.82, 2.24) is 0 Å². The molecule has 0 saturated carbocycles. The van der Waals surface area contributed by atoms with Crippen molar-refractivity contribution in [1.29, 1.82) is 0 Å². The first-order chi connectivity index (χ1) is 4.93. The first-order valence-electron chi connectivity index (χ1n) is 3.71. The molecule has 0 aliphatic carbocycles. The summed E-state index contributed by atoms with van der Waals surface area (Å²) >= 11 is 1.89. The average Bonchev–Trinajstić information content (AvgIpc) is 2.41. The van der Waals surface area contributed by atoms with Crippen molar-refractivity contribution in [2.75, 3.05) is 6.16 Å². The highest BCUT2D eigenvalue weighted by Gasteiger charge is 1.90. The third-order valence-corrected chi connectivity index (χ3v) is 3.94. The fourth-order valence-corrected chi connectivity index (χ4v) is 3.06. The van der Waals surface area contributed by atoms with Crippen LogP contribution in [0.25, 0.3) is 0 Å². The molecule has 0 radical (unpaired) electrons. The lowest BCUT2D eigenvalue weighted by Gasteiger charge is -1.94.